The number of methoxy groups -OCH3 is 1. The summed E-state index contributed by atoms with van der Waals surface area (Å²) >= 11 is 0. The Kier molecular flexibility index (Phi) is 4.90. The number of benzene rings is 2. The molecule has 0 heterocycles. The lowest BCUT2D eigenvalue weighted by atomic mass is 10.1. The van der Waals surface area contributed by atoms with E-state index >= 15 is 0 Å². The number of amides is 1. The van der Waals surface area contributed by atoms with Gasteiger partial charge in [0.15, 0.2) is 0 Å². The van der Waals surface area contributed by atoms with E-state index in [1.165, 1.54) is 0 Å². The van der Waals surface area contributed by atoms with Gasteiger partial charge in [0.05, 0.1) is 31.0 Å². The van der Waals surface area contributed by atoms with Crippen LogP contribution >= 0.6 is 0 Å². The van der Waals surface area contributed by atoms with Gasteiger partial charge in [0.25, 0.3) is 0 Å². The molecule has 0 aromatic heterocycles. The van der Waals surface area contributed by atoms with Crippen LogP contribution in [0.15, 0.2) is 42.5 Å². The van der Waals surface area contributed by atoms with Crippen molar-refractivity contribution in [3.8, 4) is 17.6 Å². The molecule has 5 heteroatoms. The van der Waals surface area contributed by atoms with Crippen molar-refractivity contribution in [2.24, 2.45) is 5.92 Å². The molecule has 0 saturated heterocycles. The van der Waals surface area contributed by atoms with Gasteiger partial charge in [-0.3, -0.25) is 4.79 Å². The van der Waals surface area contributed by atoms with Gasteiger partial charge in [-0.25, -0.2) is 0 Å². The summed E-state index contributed by atoms with van der Waals surface area (Å²) in [6.07, 6.45) is 0.786. The molecule has 25 heavy (non-hydrogen) atoms. The first kappa shape index (κ1) is 16.8. The summed E-state index contributed by atoms with van der Waals surface area (Å²) in [6.45, 7) is 2.37. The maximum absolute atomic E-state index is 12.6. The van der Waals surface area contributed by atoms with E-state index in [0.29, 0.717) is 23.6 Å². The minimum Gasteiger partial charge on any atom is -0.496 e. The van der Waals surface area contributed by atoms with Crippen molar-refractivity contribution >= 4 is 11.6 Å². The molecule has 1 amide bonds. The number of nitriles is 1. The first-order valence-corrected chi connectivity index (χ1v) is 8.28. The molecule has 1 aliphatic carbocycles. The number of hydrogen-bond acceptors (Lipinski definition) is 4. The van der Waals surface area contributed by atoms with Gasteiger partial charge in [0, 0.05) is 5.92 Å². The Bertz CT molecular complexity index is 826. The zero-order valence-corrected chi connectivity index (χ0v) is 14.3. The zero-order valence-electron chi connectivity index (χ0n) is 14.3. The van der Waals surface area contributed by atoms with E-state index in [0.717, 1.165) is 17.7 Å². The van der Waals surface area contributed by atoms with Crippen LogP contribution in [0, 0.1) is 17.2 Å². The molecule has 1 saturated carbocycles. The summed E-state index contributed by atoms with van der Waals surface area (Å²) in [5, 5.41) is 12.0. The van der Waals surface area contributed by atoms with Crippen LogP contribution < -0.4 is 14.8 Å². The van der Waals surface area contributed by atoms with E-state index in [1.807, 2.05) is 31.2 Å². The number of carbonyl (C=O) groups excluding carboxylic acids is 1. The number of anilines is 1. The molecule has 2 aromatic rings. The molecule has 2 aromatic carbocycles. The van der Waals surface area contributed by atoms with Gasteiger partial charge in [-0.05, 0) is 49.1 Å². The fraction of sp³-hybridized carbons (Fsp3) is 0.300. The topological polar surface area (TPSA) is 71.3 Å². The van der Waals surface area contributed by atoms with Crippen molar-refractivity contribution in [2.45, 2.75) is 19.3 Å². The molecule has 0 radical (unpaired) electrons. The van der Waals surface area contributed by atoms with Crippen LogP contribution in [0.1, 0.15) is 30.4 Å². The van der Waals surface area contributed by atoms with Crippen LogP contribution in [-0.4, -0.2) is 19.6 Å². The second-order valence-electron chi connectivity index (χ2n) is 5.94. The van der Waals surface area contributed by atoms with Gasteiger partial charge in [-0.2, -0.15) is 5.26 Å². The standard InChI is InChI=1S/C20H20N2O3/c1-3-25-19-9-8-13(12-21)10-17(19)22-20(23)16-11-15(16)14-6-4-5-7-18(14)24-2/h4-10,15-16H,3,11H2,1-2H3,(H,22,23)/t15-,16-/m0/s1. The zero-order chi connectivity index (χ0) is 17.8. The third kappa shape index (κ3) is 3.58. The van der Waals surface area contributed by atoms with Gasteiger partial charge in [-0.15, -0.1) is 0 Å². The summed E-state index contributed by atoms with van der Waals surface area (Å²) in [5.74, 6) is 1.38. The Morgan fingerprint density at radius 1 is 1.28 bits per heavy atom. The number of rotatable bonds is 6. The number of hydrogen-bond donors (Lipinski definition) is 1. The number of para-hydroxylation sites is 1. The molecule has 0 spiro atoms. The van der Waals surface area contributed by atoms with Gasteiger partial charge >= 0.3 is 0 Å². The molecule has 2 atom stereocenters. The summed E-state index contributed by atoms with van der Waals surface area (Å²) in [5.41, 5.74) is 2.08. The van der Waals surface area contributed by atoms with Crippen LogP contribution in [0.3, 0.4) is 0 Å². The fourth-order valence-corrected chi connectivity index (χ4v) is 3.01. The predicted molar refractivity (Wildman–Crippen MR) is 94.8 cm³/mol. The summed E-state index contributed by atoms with van der Waals surface area (Å²) < 4.78 is 10.9. The highest BCUT2D eigenvalue weighted by atomic mass is 16.5. The van der Waals surface area contributed by atoms with Crippen LogP contribution in [-0.2, 0) is 4.79 Å². The van der Waals surface area contributed by atoms with E-state index in [9.17, 15) is 4.79 Å². The first-order valence-electron chi connectivity index (χ1n) is 8.28. The Morgan fingerprint density at radius 2 is 2.08 bits per heavy atom. The highest BCUT2D eigenvalue weighted by Crippen LogP contribution is 2.51. The van der Waals surface area contributed by atoms with E-state index < -0.39 is 0 Å². The molecule has 1 fully saturated rings. The normalized spacial score (nSPS) is 18.1. The number of carbonyl (C=O) groups is 1. The van der Waals surface area contributed by atoms with Crippen LogP contribution in [0.2, 0.25) is 0 Å². The van der Waals surface area contributed by atoms with Crippen molar-refractivity contribution in [1.29, 1.82) is 5.26 Å². The molecule has 0 unspecified atom stereocenters. The minimum atomic E-state index is -0.100. The van der Waals surface area contributed by atoms with Crippen molar-refractivity contribution in [3.05, 3.63) is 53.6 Å². The Labute approximate surface area is 147 Å². The third-order valence-corrected chi connectivity index (χ3v) is 4.33. The smallest absolute Gasteiger partial charge is 0.228 e. The SMILES string of the molecule is CCOc1ccc(C#N)cc1NC(=O)[C@H]1C[C@H]1c1ccccc1OC. The van der Waals surface area contributed by atoms with Crippen molar-refractivity contribution in [1.82, 2.24) is 0 Å². The molecule has 1 aliphatic rings. The van der Waals surface area contributed by atoms with Crippen molar-refractivity contribution < 1.29 is 14.3 Å². The van der Waals surface area contributed by atoms with E-state index in [-0.39, 0.29) is 17.7 Å². The molecule has 1 N–H and O–H groups in total. The highest BCUT2D eigenvalue weighted by Gasteiger charge is 2.45. The van der Waals surface area contributed by atoms with Gasteiger partial charge in [-0.1, -0.05) is 18.2 Å². The average molecular weight is 336 g/mol. The summed E-state index contributed by atoms with van der Waals surface area (Å²) in [7, 11) is 1.64. The Hall–Kier alpha value is -3.00. The first-order chi connectivity index (χ1) is 12.2. The molecule has 5 nitrogen and oxygen atoms in total. The number of ether oxygens (including phenoxy) is 2. The van der Waals surface area contributed by atoms with Crippen LogP contribution in [0.4, 0.5) is 5.69 Å². The number of nitrogens with zero attached hydrogens (tertiary/aromatic N) is 1. The molecular weight excluding hydrogens is 316 g/mol. The molecule has 0 aliphatic heterocycles. The summed E-state index contributed by atoms with van der Waals surface area (Å²) in [6, 6.07) is 14.9. The van der Waals surface area contributed by atoms with E-state index in [1.54, 1.807) is 25.3 Å². The maximum Gasteiger partial charge on any atom is 0.228 e. The van der Waals surface area contributed by atoms with E-state index in [4.69, 9.17) is 14.7 Å². The average Bonchev–Trinajstić information content (AvgIpc) is 3.44. The molecular formula is C20H20N2O3. The van der Waals surface area contributed by atoms with Crippen LogP contribution in [0.5, 0.6) is 11.5 Å². The van der Waals surface area contributed by atoms with E-state index in [2.05, 4.69) is 11.4 Å². The predicted octanol–water partition coefficient (Wildman–Crippen LogP) is 3.71. The molecule has 0 bridgehead atoms. The molecule has 3 rings (SSSR count). The lowest BCUT2D eigenvalue weighted by molar-refractivity contribution is -0.117. The second-order valence-corrected chi connectivity index (χ2v) is 5.94. The fourth-order valence-electron chi connectivity index (χ4n) is 3.01. The lowest BCUT2D eigenvalue weighted by Crippen LogP contribution is -2.15. The second kappa shape index (κ2) is 7.27. The van der Waals surface area contributed by atoms with Crippen molar-refractivity contribution in [2.75, 3.05) is 19.0 Å². The largest absolute Gasteiger partial charge is 0.496 e. The number of nitrogens with one attached hydrogen (secondary N) is 1. The van der Waals surface area contributed by atoms with Crippen LogP contribution in [0.25, 0.3) is 0 Å². The Morgan fingerprint density at radius 3 is 2.80 bits per heavy atom. The third-order valence-electron chi connectivity index (χ3n) is 4.33. The minimum absolute atomic E-state index is 0.0630. The van der Waals surface area contributed by atoms with Gasteiger partial charge < -0.3 is 14.8 Å². The highest BCUT2D eigenvalue weighted by molar-refractivity contribution is 5.96. The maximum atomic E-state index is 12.6. The monoisotopic (exact) mass is 336 g/mol. The summed E-state index contributed by atoms with van der Waals surface area (Å²) in [4.78, 5) is 12.6. The van der Waals surface area contributed by atoms with Gasteiger partial charge in [0.1, 0.15) is 11.5 Å². The Balaban J connectivity index is 1.75. The van der Waals surface area contributed by atoms with Gasteiger partial charge in [0.2, 0.25) is 5.91 Å². The lowest BCUT2D eigenvalue weighted by Gasteiger charge is -2.12. The van der Waals surface area contributed by atoms with Crippen molar-refractivity contribution in [3.63, 3.8) is 0 Å². The quantitative estimate of drug-likeness (QED) is 0.873. The molecule has 128 valence electrons.